The average Bonchev–Trinajstić information content (AvgIpc) is 2.59. The number of alkyl carbamates (subject to hydrolysis) is 1. The van der Waals surface area contributed by atoms with Gasteiger partial charge in [0.25, 0.3) is 0 Å². The molecule has 0 bridgehead atoms. The van der Waals surface area contributed by atoms with Crippen molar-refractivity contribution in [3.05, 3.63) is 65.2 Å². The van der Waals surface area contributed by atoms with Gasteiger partial charge < -0.3 is 19.9 Å². The van der Waals surface area contributed by atoms with Gasteiger partial charge in [0.1, 0.15) is 19.0 Å². The molecule has 0 unspecified atom stereocenters. The fourth-order valence-electron chi connectivity index (χ4n) is 2.02. The van der Waals surface area contributed by atoms with Crippen LogP contribution in [0.15, 0.2) is 48.5 Å². The zero-order valence-electron chi connectivity index (χ0n) is 13.3. The normalized spacial score (nSPS) is 10.0. The highest BCUT2D eigenvalue weighted by Crippen LogP contribution is 2.17. The molecule has 6 heteroatoms. The number of amides is 1. The number of carbonyl (C=O) groups excluding carboxylic acids is 1. The molecule has 0 saturated heterocycles. The lowest BCUT2D eigenvalue weighted by Crippen LogP contribution is -2.28. The number of aryl methyl sites for hydroxylation is 1. The number of hydrogen-bond donors (Lipinski definition) is 2. The number of carboxylic acids is 1. The summed E-state index contributed by atoms with van der Waals surface area (Å²) in [5.74, 6) is -0.557. The van der Waals surface area contributed by atoms with Crippen LogP contribution in [0, 0.1) is 6.92 Å². The lowest BCUT2D eigenvalue weighted by molar-refractivity contribution is 0.0695. The quantitative estimate of drug-likeness (QED) is 0.763. The molecule has 0 aromatic heterocycles. The molecule has 24 heavy (non-hydrogen) atoms. The van der Waals surface area contributed by atoms with Crippen molar-refractivity contribution in [2.75, 3.05) is 13.2 Å². The second-order valence-corrected chi connectivity index (χ2v) is 5.12. The minimum Gasteiger partial charge on any atom is -0.492 e. The van der Waals surface area contributed by atoms with E-state index in [1.54, 1.807) is 19.1 Å². The minimum atomic E-state index is -0.999. The highest BCUT2D eigenvalue weighted by molar-refractivity contribution is 5.89. The number of carboxylic acid groups (broad SMARTS) is 1. The minimum absolute atomic E-state index is 0.197. The summed E-state index contributed by atoms with van der Waals surface area (Å²) >= 11 is 0. The van der Waals surface area contributed by atoms with Crippen LogP contribution >= 0.6 is 0 Å². The highest BCUT2D eigenvalue weighted by atomic mass is 16.5. The zero-order valence-corrected chi connectivity index (χ0v) is 13.3. The van der Waals surface area contributed by atoms with E-state index in [1.165, 1.54) is 6.07 Å². The van der Waals surface area contributed by atoms with E-state index in [0.717, 1.165) is 5.56 Å². The van der Waals surface area contributed by atoms with Gasteiger partial charge in [-0.1, -0.05) is 36.4 Å². The van der Waals surface area contributed by atoms with Gasteiger partial charge in [0.05, 0.1) is 12.1 Å². The summed E-state index contributed by atoms with van der Waals surface area (Å²) in [6.07, 6.45) is -0.530. The number of carbonyl (C=O) groups is 2. The molecule has 1 amide bonds. The first-order chi connectivity index (χ1) is 11.6. The maximum atomic E-state index is 11.5. The van der Waals surface area contributed by atoms with Gasteiger partial charge >= 0.3 is 12.1 Å². The second kappa shape index (κ2) is 8.57. The van der Waals surface area contributed by atoms with E-state index < -0.39 is 12.1 Å². The molecule has 2 rings (SSSR count). The SMILES string of the molecule is Cc1ccc(OCCNC(=O)OCc2ccccc2)cc1C(=O)O. The first-order valence-electron chi connectivity index (χ1n) is 7.47. The van der Waals surface area contributed by atoms with Crippen molar-refractivity contribution in [1.82, 2.24) is 5.32 Å². The van der Waals surface area contributed by atoms with Crippen molar-refractivity contribution in [2.24, 2.45) is 0 Å². The Morgan fingerprint density at radius 1 is 1.12 bits per heavy atom. The van der Waals surface area contributed by atoms with E-state index in [2.05, 4.69) is 5.32 Å². The molecular weight excluding hydrogens is 310 g/mol. The van der Waals surface area contributed by atoms with Crippen molar-refractivity contribution < 1.29 is 24.2 Å². The van der Waals surface area contributed by atoms with Gasteiger partial charge in [0.15, 0.2) is 0 Å². The lowest BCUT2D eigenvalue weighted by Gasteiger charge is -2.10. The van der Waals surface area contributed by atoms with Crippen molar-refractivity contribution in [1.29, 1.82) is 0 Å². The van der Waals surface area contributed by atoms with Crippen molar-refractivity contribution in [3.8, 4) is 5.75 Å². The third-order valence-electron chi connectivity index (χ3n) is 3.29. The average molecular weight is 329 g/mol. The van der Waals surface area contributed by atoms with E-state index in [0.29, 0.717) is 11.3 Å². The maximum Gasteiger partial charge on any atom is 0.407 e. The molecule has 0 heterocycles. The largest absolute Gasteiger partial charge is 0.492 e. The van der Waals surface area contributed by atoms with E-state index in [9.17, 15) is 9.59 Å². The smallest absolute Gasteiger partial charge is 0.407 e. The van der Waals surface area contributed by atoms with Gasteiger partial charge in [0, 0.05) is 0 Å². The Kier molecular flexibility index (Phi) is 6.19. The summed E-state index contributed by atoms with van der Waals surface area (Å²) in [7, 11) is 0. The van der Waals surface area contributed by atoms with Gasteiger partial charge in [-0.05, 0) is 30.2 Å². The van der Waals surface area contributed by atoms with Crippen LogP contribution in [-0.4, -0.2) is 30.3 Å². The van der Waals surface area contributed by atoms with Gasteiger partial charge in [-0.3, -0.25) is 0 Å². The van der Waals surface area contributed by atoms with Crippen molar-refractivity contribution in [2.45, 2.75) is 13.5 Å². The number of rotatable bonds is 7. The standard InChI is InChI=1S/C18H19NO5/c1-13-7-8-15(11-16(13)17(20)21)23-10-9-19-18(22)24-12-14-5-3-2-4-6-14/h2-8,11H,9-10,12H2,1H3,(H,19,22)(H,20,21). The summed E-state index contributed by atoms with van der Waals surface area (Å²) in [6.45, 7) is 2.39. The van der Waals surface area contributed by atoms with Crippen LogP contribution in [0.25, 0.3) is 0 Å². The van der Waals surface area contributed by atoms with E-state index in [1.807, 2.05) is 30.3 Å². The van der Waals surface area contributed by atoms with Crippen LogP contribution in [0.3, 0.4) is 0 Å². The summed E-state index contributed by atoms with van der Waals surface area (Å²) in [5.41, 5.74) is 1.77. The highest BCUT2D eigenvalue weighted by Gasteiger charge is 2.08. The molecule has 0 fully saturated rings. The van der Waals surface area contributed by atoms with Crippen LogP contribution in [0.4, 0.5) is 4.79 Å². The van der Waals surface area contributed by atoms with E-state index in [-0.39, 0.29) is 25.3 Å². The summed E-state index contributed by atoms with van der Waals surface area (Å²) in [4.78, 5) is 22.6. The molecule has 0 spiro atoms. The Hall–Kier alpha value is -3.02. The van der Waals surface area contributed by atoms with E-state index in [4.69, 9.17) is 14.6 Å². The van der Waals surface area contributed by atoms with Gasteiger partial charge in [-0.25, -0.2) is 9.59 Å². The van der Waals surface area contributed by atoms with Gasteiger partial charge in [0.2, 0.25) is 0 Å². The fourth-order valence-corrected chi connectivity index (χ4v) is 2.02. The number of aromatic carboxylic acids is 1. The van der Waals surface area contributed by atoms with Crippen LogP contribution in [-0.2, 0) is 11.3 Å². The first kappa shape index (κ1) is 17.3. The summed E-state index contributed by atoms with van der Waals surface area (Å²) in [6, 6.07) is 14.2. The van der Waals surface area contributed by atoms with Crippen LogP contribution < -0.4 is 10.1 Å². The number of hydrogen-bond acceptors (Lipinski definition) is 4. The molecule has 2 aromatic rings. The second-order valence-electron chi connectivity index (χ2n) is 5.12. The topological polar surface area (TPSA) is 84.9 Å². The summed E-state index contributed by atoms with van der Waals surface area (Å²) < 4.78 is 10.5. The Morgan fingerprint density at radius 2 is 1.88 bits per heavy atom. The van der Waals surface area contributed by atoms with Crippen molar-refractivity contribution >= 4 is 12.1 Å². The lowest BCUT2D eigenvalue weighted by atomic mass is 10.1. The van der Waals surface area contributed by atoms with Crippen LogP contribution in [0.2, 0.25) is 0 Å². The van der Waals surface area contributed by atoms with Crippen LogP contribution in [0.5, 0.6) is 5.75 Å². The third kappa shape index (κ3) is 5.31. The Balaban J connectivity index is 1.70. The molecule has 126 valence electrons. The fraction of sp³-hybridized carbons (Fsp3) is 0.222. The maximum absolute atomic E-state index is 11.5. The monoisotopic (exact) mass is 329 g/mol. The van der Waals surface area contributed by atoms with E-state index >= 15 is 0 Å². The van der Waals surface area contributed by atoms with Crippen molar-refractivity contribution in [3.63, 3.8) is 0 Å². The summed E-state index contributed by atoms with van der Waals surface area (Å²) in [5, 5.41) is 11.6. The first-order valence-corrected chi connectivity index (χ1v) is 7.47. The molecule has 0 atom stereocenters. The predicted molar refractivity (Wildman–Crippen MR) is 88.3 cm³/mol. The Bertz CT molecular complexity index is 700. The van der Waals surface area contributed by atoms with Gasteiger partial charge in [-0.2, -0.15) is 0 Å². The molecule has 0 radical (unpaired) electrons. The number of benzene rings is 2. The van der Waals surface area contributed by atoms with Gasteiger partial charge in [-0.15, -0.1) is 0 Å². The zero-order chi connectivity index (χ0) is 17.4. The van der Waals surface area contributed by atoms with Crippen LogP contribution in [0.1, 0.15) is 21.5 Å². The predicted octanol–water partition coefficient (Wildman–Crippen LogP) is 3.00. The third-order valence-corrected chi connectivity index (χ3v) is 3.29. The molecule has 0 aliphatic heterocycles. The molecular formula is C18H19NO5. The molecule has 2 aromatic carbocycles. The molecule has 0 aliphatic carbocycles. The molecule has 6 nitrogen and oxygen atoms in total. The Labute approximate surface area is 140 Å². The Morgan fingerprint density at radius 3 is 2.58 bits per heavy atom. The number of ether oxygens (including phenoxy) is 2. The molecule has 0 saturated carbocycles. The molecule has 0 aliphatic rings. The number of nitrogens with one attached hydrogen (secondary N) is 1. The molecule has 2 N–H and O–H groups in total.